The maximum Gasteiger partial charge on any atom is 0.277 e. The van der Waals surface area contributed by atoms with Crippen molar-refractivity contribution in [2.75, 3.05) is 20.1 Å². The summed E-state index contributed by atoms with van der Waals surface area (Å²) >= 11 is 1.40. The first kappa shape index (κ1) is 29.0. The number of thioether (sulfide) groups is 1. The highest BCUT2D eigenvalue weighted by Crippen LogP contribution is 2.21. The molecule has 9 nitrogen and oxygen atoms in total. The number of carbonyl (C=O) groups excluding carboxylic acids is 2. The quantitative estimate of drug-likeness (QED) is 0.191. The van der Waals surface area contributed by atoms with Crippen LogP contribution in [0, 0.1) is 6.92 Å². The lowest BCUT2D eigenvalue weighted by Gasteiger charge is -2.19. The zero-order valence-electron chi connectivity index (χ0n) is 22.4. The minimum absolute atomic E-state index is 0.0275. The molecule has 2 aromatic heterocycles. The number of amides is 2. The van der Waals surface area contributed by atoms with Crippen molar-refractivity contribution in [1.82, 2.24) is 29.7 Å². The number of hydrogen-bond acceptors (Lipinski definition) is 7. The number of hydrogen-bond donors (Lipinski definition) is 1. The minimum atomic E-state index is -0.347. The zero-order chi connectivity index (χ0) is 27.3. The summed E-state index contributed by atoms with van der Waals surface area (Å²) in [6, 6.07) is 8.15. The molecule has 0 fully saturated rings. The zero-order valence-corrected chi connectivity index (χ0v) is 23.2. The fraction of sp³-hybridized carbons (Fsp3) is 0.429. The molecular weight excluding hydrogens is 500 g/mol. The van der Waals surface area contributed by atoms with E-state index in [9.17, 15) is 14.4 Å². The van der Waals surface area contributed by atoms with Crippen LogP contribution in [0.4, 0.5) is 0 Å². The van der Waals surface area contributed by atoms with Gasteiger partial charge < -0.3 is 14.8 Å². The molecule has 0 spiro atoms. The van der Waals surface area contributed by atoms with Gasteiger partial charge in [0.05, 0.1) is 6.54 Å². The van der Waals surface area contributed by atoms with E-state index >= 15 is 0 Å². The van der Waals surface area contributed by atoms with Gasteiger partial charge >= 0.3 is 0 Å². The van der Waals surface area contributed by atoms with Crippen LogP contribution in [0.15, 0.2) is 59.1 Å². The maximum atomic E-state index is 13.1. The van der Waals surface area contributed by atoms with Crippen LogP contribution in [0.5, 0.6) is 0 Å². The molecule has 0 aliphatic rings. The van der Waals surface area contributed by atoms with Crippen LogP contribution < -0.4 is 10.9 Å². The smallest absolute Gasteiger partial charge is 0.277 e. The molecule has 3 rings (SSSR count). The Balaban J connectivity index is 1.72. The van der Waals surface area contributed by atoms with E-state index in [0.717, 1.165) is 36.8 Å². The molecule has 2 heterocycles. The number of unbranched alkanes of at least 4 members (excludes halogenated alkanes) is 3. The van der Waals surface area contributed by atoms with Crippen LogP contribution in [-0.2, 0) is 28.3 Å². The van der Waals surface area contributed by atoms with Gasteiger partial charge in [-0.1, -0.05) is 67.8 Å². The van der Waals surface area contributed by atoms with Gasteiger partial charge in [-0.05, 0) is 24.5 Å². The number of benzene rings is 1. The van der Waals surface area contributed by atoms with Crippen molar-refractivity contribution in [3.05, 3.63) is 81.8 Å². The second kappa shape index (κ2) is 15.0. The van der Waals surface area contributed by atoms with Crippen LogP contribution in [0.25, 0.3) is 0 Å². The van der Waals surface area contributed by atoms with Crippen LogP contribution in [0.1, 0.15) is 54.9 Å². The Bertz CT molecular complexity index is 1250. The van der Waals surface area contributed by atoms with Gasteiger partial charge in [0.1, 0.15) is 12.9 Å². The third-order valence-electron chi connectivity index (χ3n) is 5.99. The average Bonchev–Trinajstić information content (AvgIpc) is 2.91. The van der Waals surface area contributed by atoms with Crippen molar-refractivity contribution in [3.8, 4) is 0 Å². The van der Waals surface area contributed by atoms with Crippen LogP contribution in [0.2, 0.25) is 0 Å². The second-order valence-electron chi connectivity index (χ2n) is 9.34. The third kappa shape index (κ3) is 9.41. The number of aromatic nitrogens is 4. The summed E-state index contributed by atoms with van der Waals surface area (Å²) in [5.41, 5.74) is 3.13. The van der Waals surface area contributed by atoms with E-state index in [1.807, 2.05) is 31.2 Å². The molecule has 0 radical (unpaired) electrons. The maximum absolute atomic E-state index is 13.1. The van der Waals surface area contributed by atoms with Gasteiger partial charge in [-0.15, -0.1) is 0 Å². The Morgan fingerprint density at radius 2 is 1.79 bits per heavy atom. The van der Waals surface area contributed by atoms with Crippen molar-refractivity contribution in [2.24, 2.45) is 0 Å². The lowest BCUT2D eigenvalue weighted by molar-refractivity contribution is -0.135. The first-order valence-corrected chi connectivity index (χ1v) is 13.9. The van der Waals surface area contributed by atoms with E-state index in [-0.39, 0.29) is 30.5 Å². The second-order valence-corrected chi connectivity index (χ2v) is 10.3. The van der Waals surface area contributed by atoms with Crippen LogP contribution in [-0.4, -0.2) is 56.4 Å². The molecule has 10 heteroatoms. The Hall–Kier alpha value is -3.53. The lowest BCUT2D eigenvalue weighted by atomic mass is 10.1. The summed E-state index contributed by atoms with van der Waals surface area (Å²) < 4.78 is 1.70. The topological polar surface area (TPSA) is 110 Å². The highest BCUT2D eigenvalue weighted by atomic mass is 32.2. The van der Waals surface area contributed by atoms with E-state index in [4.69, 9.17) is 0 Å². The Morgan fingerprint density at radius 3 is 2.50 bits per heavy atom. The summed E-state index contributed by atoms with van der Waals surface area (Å²) in [6.07, 6.45) is 11.0. The number of rotatable bonds is 14. The lowest BCUT2D eigenvalue weighted by Crippen LogP contribution is -2.40. The average molecular weight is 537 g/mol. The van der Waals surface area contributed by atoms with Gasteiger partial charge in [-0.2, -0.15) is 4.98 Å². The number of aryl methyl sites for hydroxylation is 1. The summed E-state index contributed by atoms with van der Waals surface area (Å²) in [7, 11) is 1.61. The third-order valence-corrected chi connectivity index (χ3v) is 7.05. The normalized spacial score (nSPS) is 10.8. The predicted molar refractivity (Wildman–Crippen MR) is 149 cm³/mol. The summed E-state index contributed by atoms with van der Waals surface area (Å²) in [6.45, 7) is 4.71. The van der Waals surface area contributed by atoms with Gasteiger partial charge in [-0.3, -0.25) is 14.4 Å². The Labute approximate surface area is 228 Å². The molecule has 0 aliphatic heterocycles. The molecule has 2 amide bonds. The molecule has 0 unspecified atom stereocenters. The Morgan fingerprint density at radius 1 is 1.05 bits per heavy atom. The Kier molecular flexibility index (Phi) is 11.5. The first-order valence-electron chi connectivity index (χ1n) is 12.9. The van der Waals surface area contributed by atoms with Crippen LogP contribution >= 0.6 is 11.8 Å². The minimum Gasteiger partial charge on any atom is -0.355 e. The number of nitrogens with zero attached hydrogens (tertiary/aromatic N) is 5. The van der Waals surface area contributed by atoms with Crippen molar-refractivity contribution >= 4 is 23.6 Å². The molecular formula is C28H36N6O3S. The molecule has 1 N–H and O–H groups in total. The van der Waals surface area contributed by atoms with Gasteiger partial charge in [0, 0.05) is 49.9 Å². The van der Waals surface area contributed by atoms with Gasteiger partial charge in [-0.25, -0.2) is 9.97 Å². The predicted octanol–water partition coefficient (Wildman–Crippen LogP) is 3.38. The van der Waals surface area contributed by atoms with Crippen LogP contribution in [0.3, 0.4) is 0 Å². The number of nitrogens with one attached hydrogen (secondary N) is 1. The standard InChI is InChI=1S/C28H36N6O3S/c1-4-5-6-7-12-31-25(35)17-33(3)26(36)18-34-16-24(13-23-14-29-20-30-15-23)27(37)32-28(34)38-19-22-10-8-21(2)9-11-22/h8-11,14-16,20H,4-7,12-13,17-19H2,1-3H3,(H,31,35). The molecule has 0 saturated heterocycles. The SMILES string of the molecule is CCCCCCNC(=O)CN(C)C(=O)Cn1cc(Cc2cncnc2)c(=O)nc1SCc1ccc(C)cc1. The van der Waals surface area contributed by atoms with Crippen molar-refractivity contribution < 1.29 is 9.59 Å². The van der Waals surface area contributed by atoms with E-state index in [0.29, 0.717) is 29.4 Å². The van der Waals surface area contributed by atoms with Gasteiger partial charge in [0.2, 0.25) is 11.8 Å². The molecule has 0 aliphatic carbocycles. The highest BCUT2D eigenvalue weighted by molar-refractivity contribution is 7.98. The van der Waals surface area contributed by atoms with E-state index in [1.54, 1.807) is 30.2 Å². The van der Waals surface area contributed by atoms with Crippen molar-refractivity contribution in [2.45, 2.75) is 63.4 Å². The molecule has 0 bridgehead atoms. The van der Waals surface area contributed by atoms with E-state index in [1.165, 1.54) is 28.6 Å². The van der Waals surface area contributed by atoms with Gasteiger partial charge in [0.25, 0.3) is 5.56 Å². The largest absolute Gasteiger partial charge is 0.355 e. The molecule has 38 heavy (non-hydrogen) atoms. The highest BCUT2D eigenvalue weighted by Gasteiger charge is 2.17. The fourth-order valence-electron chi connectivity index (χ4n) is 3.75. The van der Waals surface area contributed by atoms with E-state index in [2.05, 4.69) is 27.2 Å². The summed E-state index contributed by atoms with van der Waals surface area (Å²) in [5.74, 6) is 0.167. The van der Waals surface area contributed by atoms with Gasteiger partial charge in [0.15, 0.2) is 5.16 Å². The summed E-state index contributed by atoms with van der Waals surface area (Å²) in [4.78, 5) is 52.0. The molecule has 0 saturated carbocycles. The molecule has 0 atom stereocenters. The van der Waals surface area contributed by atoms with Crippen molar-refractivity contribution in [3.63, 3.8) is 0 Å². The number of carbonyl (C=O) groups is 2. The summed E-state index contributed by atoms with van der Waals surface area (Å²) in [5, 5.41) is 3.33. The molecule has 3 aromatic rings. The first-order chi connectivity index (χ1) is 18.4. The number of likely N-dealkylation sites (N-methyl/N-ethyl adjacent to an activating group) is 1. The molecule has 1 aromatic carbocycles. The monoisotopic (exact) mass is 536 g/mol. The van der Waals surface area contributed by atoms with Crippen molar-refractivity contribution in [1.29, 1.82) is 0 Å². The fourth-order valence-corrected chi connectivity index (χ4v) is 4.67. The van der Waals surface area contributed by atoms with E-state index < -0.39 is 0 Å². The molecule has 202 valence electrons.